The zero-order valence-electron chi connectivity index (χ0n) is 14.1. The van der Waals surface area contributed by atoms with Crippen molar-refractivity contribution in [1.29, 1.82) is 0 Å². The molecule has 1 fully saturated rings. The largest absolute Gasteiger partial charge is 0.491 e. The Labute approximate surface area is 139 Å². The summed E-state index contributed by atoms with van der Waals surface area (Å²) in [6.07, 6.45) is 1.92. The van der Waals surface area contributed by atoms with Crippen LogP contribution >= 0.6 is 0 Å². The fraction of sp³-hybridized carbons (Fsp3) is 0.625. The second-order valence-electron chi connectivity index (χ2n) is 5.94. The Bertz CT molecular complexity index is 587. The zero-order chi connectivity index (χ0) is 16.9. The molecule has 6 nitrogen and oxygen atoms in total. The predicted octanol–water partition coefficient (Wildman–Crippen LogP) is 1.43. The van der Waals surface area contributed by atoms with Crippen molar-refractivity contribution in [2.24, 2.45) is 0 Å². The first-order valence-electron chi connectivity index (χ1n) is 7.83. The lowest BCUT2D eigenvalue weighted by Gasteiger charge is -2.35. The van der Waals surface area contributed by atoms with Gasteiger partial charge in [-0.1, -0.05) is 0 Å². The van der Waals surface area contributed by atoms with Crippen molar-refractivity contribution in [2.45, 2.75) is 23.8 Å². The van der Waals surface area contributed by atoms with Gasteiger partial charge in [-0.3, -0.25) is 0 Å². The van der Waals surface area contributed by atoms with E-state index >= 15 is 0 Å². The molecule has 0 amide bonds. The highest BCUT2D eigenvalue weighted by atomic mass is 32.2. The molecule has 7 heteroatoms. The van der Waals surface area contributed by atoms with Gasteiger partial charge in [-0.15, -0.1) is 0 Å². The standard InChI is InChI=1S/C16H26N2O4S/c1-17(2)14-5-4-10-18(13-14)23(19,20)16-8-6-15(7-9-16)22-12-11-21-3/h6-9,14H,4-5,10-13H2,1-3H3/t14-/m1/s1. The van der Waals surface area contributed by atoms with Gasteiger partial charge >= 0.3 is 0 Å². The number of hydrogen-bond donors (Lipinski definition) is 0. The minimum atomic E-state index is -3.44. The van der Waals surface area contributed by atoms with E-state index < -0.39 is 10.0 Å². The molecule has 1 aromatic carbocycles. The van der Waals surface area contributed by atoms with E-state index in [1.165, 1.54) is 0 Å². The minimum Gasteiger partial charge on any atom is -0.491 e. The lowest BCUT2D eigenvalue weighted by molar-refractivity contribution is 0.146. The van der Waals surface area contributed by atoms with E-state index in [0.717, 1.165) is 12.8 Å². The quantitative estimate of drug-likeness (QED) is 0.702. The average molecular weight is 342 g/mol. The van der Waals surface area contributed by atoms with Gasteiger partial charge in [0.2, 0.25) is 10.0 Å². The SMILES string of the molecule is COCCOc1ccc(S(=O)(=O)N2CCC[C@@H](N(C)C)C2)cc1. The van der Waals surface area contributed by atoms with Gasteiger partial charge in [0.1, 0.15) is 12.4 Å². The molecule has 1 aromatic rings. The van der Waals surface area contributed by atoms with E-state index in [1.54, 1.807) is 35.7 Å². The van der Waals surface area contributed by atoms with Crippen molar-refractivity contribution in [1.82, 2.24) is 9.21 Å². The highest BCUT2D eigenvalue weighted by molar-refractivity contribution is 7.89. The number of methoxy groups -OCH3 is 1. The molecule has 1 saturated heterocycles. The molecule has 1 aliphatic heterocycles. The molecule has 1 atom stereocenters. The number of sulfonamides is 1. The smallest absolute Gasteiger partial charge is 0.243 e. The molecular weight excluding hydrogens is 316 g/mol. The minimum absolute atomic E-state index is 0.273. The Morgan fingerprint density at radius 3 is 2.52 bits per heavy atom. The number of likely N-dealkylation sites (N-methyl/N-ethyl adjacent to an activating group) is 1. The molecule has 0 aliphatic carbocycles. The highest BCUT2D eigenvalue weighted by Crippen LogP contribution is 2.24. The maximum absolute atomic E-state index is 12.8. The summed E-state index contributed by atoms with van der Waals surface area (Å²) in [6, 6.07) is 6.87. The number of rotatable bonds is 7. The summed E-state index contributed by atoms with van der Waals surface area (Å²) in [4.78, 5) is 2.41. The van der Waals surface area contributed by atoms with Crippen molar-refractivity contribution in [2.75, 3.05) is 47.5 Å². The third-order valence-corrected chi connectivity index (χ3v) is 5.99. The van der Waals surface area contributed by atoms with Gasteiger partial charge in [0.05, 0.1) is 11.5 Å². The molecule has 2 rings (SSSR count). The first kappa shape index (κ1) is 18.2. The van der Waals surface area contributed by atoms with Crippen LogP contribution in [0.15, 0.2) is 29.2 Å². The van der Waals surface area contributed by atoms with Crippen LogP contribution in [-0.4, -0.2) is 71.2 Å². The fourth-order valence-corrected chi connectivity index (χ4v) is 4.18. The second-order valence-corrected chi connectivity index (χ2v) is 7.87. The summed E-state index contributed by atoms with van der Waals surface area (Å²) in [5.41, 5.74) is 0. The van der Waals surface area contributed by atoms with Crippen LogP contribution in [0.5, 0.6) is 5.75 Å². The van der Waals surface area contributed by atoms with Gasteiger partial charge in [-0.25, -0.2) is 8.42 Å². The van der Waals surface area contributed by atoms with Crippen molar-refractivity contribution in [3.05, 3.63) is 24.3 Å². The molecule has 1 aliphatic rings. The van der Waals surface area contributed by atoms with Crippen LogP contribution < -0.4 is 4.74 Å². The van der Waals surface area contributed by atoms with Crippen LogP contribution in [0.25, 0.3) is 0 Å². The molecule has 0 bridgehead atoms. The number of piperidine rings is 1. The van der Waals surface area contributed by atoms with Gasteiger partial charge in [-0.05, 0) is 51.2 Å². The fourth-order valence-electron chi connectivity index (χ4n) is 2.66. The first-order chi connectivity index (χ1) is 10.9. The van der Waals surface area contributed by atoms with Crippen LogP contribution in [0, 0.1) is 0 Å². The van der Waals surface area contributed by atoms with Gasteiger partial charge in [0.25, 0.3) is 0 Å². The molecule has 0 N–H and O–H groups in total. The number of ether oxygens (including phenoxy) is 2. The van der Waals surface area contributed by atoms with Gasteiger partial charge < -0.3 is 14.4 Å². The Kier molecular flexibility index (Phi) is 6.41. The Morgan fingerprint density at radius 2 is 1.91 bits per heavy atom. The third-order valence-electron chi connectivity index (χ3n) is 4.11. The maximum Gasteiger partial charge on any atom is 0.243 e. The van der Waals surface area contributed by atoms with Crippen LogP contribution in [0.3, 0.4) is 0 Å². The van der Waals surface area contributed by atoms with Crippen LogP contribution in [0.4, 0.5) is 0 Å². The predicted molar refractivity (Wildman–Crippen MR) is 89.3 cm³/mol. The molecule has 0 spiro atoms. The summed E-state index contributed by atoms with van der Waals surface area (Å²) in [5.74, 6) is 0.644. The number of nitrogens with zero attached hydrogens (tertiary/aromatic N) is 2. The van der Waals surface area contributed by atoms with E-state index in [2.05, 4.69) is 4.90 Å². The molecule has 1 heterocycles. The molecule has 0 aromatic heterocycles. The van der Waals surface area contributed by atoms with Crippen molar-refractivity contribution in [3.8, 4) is 5.75 Å². The first-order valence-corrected chi connectivity index (χ1v) is 9.27. The molecule has 23 heavy (non-hydrogen) atoms. The average Bonchev–Trinajstić information content (AvgIpc) is 2.55. The van der Waals surface area contributed by atoms with E-state index in [4.69, 9.17) is 9.47 Å². The summed E-state index contributed by atoms with van der Waals surface area (Å²) < 4.78 is 37.5. The monoisotopic (exact) mass is 342 g/mol. The van der Waals surface area contributed by atoms with E-state index in [1.807, 2.05) is 14.1 Å². The number of hydrogen-bond acceptors (Lipinski definition) is 5. The lowest BCUT2D eigenvalue weighted by atomic mass is 10.1. The van der Waals surface area contributed by atoms with Crippen molar-refractivity contribution < 1.29 is 17.9 Å². The van der Waals surface area contributed by atoms with Gasteiger partial charge in [-0.2, -0.15) is 4.31 Å². The van der Waals surface area contributed by atoms with Gasteiger partial charge in [0.15, 0.2) is 0 Å². The van der Waals surface area contributed by atoms with Gasteiger partial charge in [0, 0.05) is 26.2 Å². The summed E-state index contributed by atoms with van der Waals surface area (Å²) >= 11 is 0. The maximum atomic E-state index is 12.8. The molecular formula is C16H26N2O4S. The van der Waals surface area contributed by atoms with E-state index in [9.17, 15) is 8.42 Å². The van der Waals surface area contributed by atoms with E-state index in [0.29, 0.717) is 36.9 Å². The molecule has 130 valence electrons. The van der Waals surface area contributed by atoms with Crippen LogP contribution in [-0.2, 0) is 14.8 Å². The normalized spacial score (nSPS) is 19.9. The Balaban J connectivity index is 2.06. The third kappa shape index (κ3) is 4.67. The summed E-state index contributed by atoms with van der Waals surface area (Å²) in [6.45, 7) is 2.07. The highest BCUT2D eigenvalue weighted by Gasteiger charge is 2.30. The Morgan fingerprint density at radius 1 is 1.22 bits per heavy atom. The Hall–Kier alpha value is -1.15. The summed E-state index contributed by atoms with van der Waals surface area (Å²) in [5, 5.41) is 0. The van der Waals surface area contributed by atoms with Crippen LogP contribution in [0.1, 0.15) is 12.8 Å². The molecule has 0 radical (unpaired) electrons. The zero-order valence-corrected chi connectivity index (χ0v) is 14.9. The van der Waals surface area contributed by atoms with Crippen molar-refractivity contribution in [3.63, 3.8) is 0 Å². The van der Waals surface area contributed by atoms with E-state index in [-0.39, 0.29) is 6.04 Å². The van der Waals surface area contributed by atoms with Crippen LogP contribution in [0.2, 0.25) is 0 Å². The molecule has 0 saturated carbocycles. The second kappa shape index (κ2) is 8.10. The van der Waals surface area contributed by atoms with Crippen molar-refractivity contribution >= 4 is 10.0 Å². The lowest BCUT2D eigenvalue weighted by Crippen LogP contribution is -2.47. The number of benzene rings is 1. The molecule has 0 unspecified atom stereocenters. The topological polar surface area (TPSA) is 59.1 Å². The summed E-state index contributed by atoms with van der Waals surface area (Å²) in [7, 11) is 2.15.